The van der Waals surface area contributed by atoms with Gasteiger partial charge in [-0.3, -0.25) is 4.79 Å². The number of hydrogen-bond acceptors (Lipinski definition) is 6. The molecule has 2 aromatic rings. The van der Waals surface area contributed by atoms with Crippen LogP contribution in [0.1, 0.15) is 45.2 Å². The highest BCUT2D eigenvalue weighted by molar-refractivity contribution is 6.00. The molecule has 0 spiro atoms. The van der Waals surface area contributed by atoms with Crippen molar-refractivity contribution >= 4 is 23.5 Å². The minimum atomic E-state index is -0.751. The Kier molecular flexibility index (Phi) is 7.36. The molecule has 0 radical (unpaired) electrons. The van der Waals surface area contributed by atoms with Crippen molar-refractivity contribution in [3.05, 3.63) is 58.7 Å². The Morgan fingerprint density at radius 3 is 2.07 bits per heavy atom. The van der Waals surface area contributed by atoms with E-state index in [-0.39, 0.29) is 16.8 Å². The Bertz CT molecular complexity index is 887. The lowest BCUT2D eigenvalue weighted by Gasteiger charge is -2.19. The minimum Gasteiger partial charge on any atom is -0.480 e. The summed E-state index contributed by atoms with van der Waals surface area (Å²) in [5.41, 5.74) is 2.52. The molecule has 0 heterocycles. The third kappa shape index (κ3) is 5.34. The Hall–Kier alpha value is -3.35. The summed E-state index contributed by atoms with van der Waals surface area (Å²) >= 11 is 0. The molecule has 7 heteroatoms. The molecule has 1 amide bonds. The highest BCUT2D eigenvalue weighted by Crippen LogP contribution is 2.23. The zero-order valence-electron chi connectivity index (χ0n) is 17.2. The smallest absolute Gasteiger partial charge is 0.337 e. The van der Waals surface area contributed by atoms with E-state index in [4.69, 9.17) is 14.2 Å². The van der Waals surface area contributed by atoms with E-state index in [1.807, 2.05) is 39.0 Å². The van der Waals surface area contributed by atoms with Crippen LogP contribution in [0.15, 0.2) is 36.4 Å². The molecule has 0 bridgehead atoms. The first-order valence-electron chi connectivity index (χ1n) is 9.16. The van der Waals surface area contributed by atoms with E-state index in [1.165, 1.54) is 32.4 Å². The van der Waals surface area contributed by atoms with Crippen molar-refractivity contribution in [3.8, 4) is 5.75 Å². The molecule has 2 rings (SSSR count). The fraction of sp³-hybridized carbons (Fsp3) is 0.318. The molecule has 0 aliphatic carbocycles. The average molecular weight is 399 g/mol. The lowest BCUT2D eigenvalue weighted by molar-refractivity contribution is -0.122. The van der Waals surface area contributed by atoms with Crippen LogP contribution in [0, 0.1) is 13.8 Å². The van der Waals surface area contributed by atoms with E-state index < -0.39 is 23.9 Å². The number of aryl methyl sites for hydroxylation is 1. The summed E-state index contributed by atoms with van der Waals surface area (Å²) in [7, 11) is 2.47. The molecule has 154 valence electrons. The number of anilines is 1. The van der Waals surface area contributed by atoms with E-state index >= 15 is 0 Å². The van der Waals surface area contributed by atoms with Crippen LogP contribution in [-0.2, 0) is 14.3 Å². The van der Waals surface area contributed by atoms with Gasteiger partial charge in [-0.1, -0.05) is 19.1 Å². The molecule has 0 saturated heterocycles. The lowest BCUT2D eigenvalue weighted by atomic mass is 10.1. The molecular weight excluding hydrogens is 374 g/mol. The number of ether oxygens (including phenoxy) is 3. The third-order valence-corrected chi connectivity index (χ3v) is 4.53. The van der Waals surface area contributed by atoms with Crippen molar-refractivity contribution in [1.29, 1.82) is 0 Å². The fourth-order valence-corrected chi connectivity index (χ4v) is 2.72. The van der Waals surface area contributed by atoms with Crippen LogP contribution in [0.4, 0.5) is 5.69 Å². The number of rotatable bonds is 7. The molecule has 2 aromatic carbocycles. The molecule has 0 fully saturated rings. The number of carbonyl (C=O) groups is 3. The number of benzene rings is 2. The summed E-state index contributed by atoms with van der Waals surface area (Å²) in [6.07, 6.45) is -0.321. The Morgan fingerprint density at radius 1 is 0.966 bits per heavy atom. The highest BCUT2D eigenvalue weighted by atomic mass is 16.5. The van der Waals surface area contributed by atoms with Gasteiger partial charge in [0.25, 0.3) is 5.91 Å². The molecule has 0 aliphatic rings. The number of carbonyl (C=O) groups excluding carboxylic acids is 3. The van der Waals surface area contributed by atoms with Crippen molar-refractivity contribution in [2.75, 3.05) is 19.5 Å². The zero-order valence-corrected chi connectivity index (χ0v) is 17.2. The van der Waals surface area contributed by atoms with Crippen LogP contribution in [0.25, 0.3) is 0 Å². The van der Waals surface area contributed by atoms with Gasteiger partial charge in [-0.25, -0.2) is 9.59 Å². The molecule has 1 N–H and O–H groups in total. The number of hydrogen-bond donors (Lipinski definition) is 1. The normalized spacial score (nSPS) is 11.3. The van der Waals surface area contributed by atoms with Crippen molar-refractivity contribution in [3.63, 3.8) is 0 Å². The van der Waals surface area contributed by atoms with Gasteiger partial charge < -0.3 is 19.5 Å². The summed E-state index contributed by atoms with van der Waals surface area (Å²) < 4.78 is 15.3. The largest absolute Gasteiger partial charge is 0.480 e. The van der Waals surface area contributed by atoms with Gasteiger partial charge in [-0.2, -0.15) is 0 Å². The second kappa shape index (κ2) is 9.73. The molecule has 29 heavy (non-hydrogen) atoms. The van der Waals surface area contributed by atoms with Crippen LogP contribution < -0.4 is 10.1 Å². The van der Waals surface area contributed by atoms with Gasteiger partial charge in [-0.15, -0.1) is 0 Å². The van der Waals surface area contributed by atoms with Gasteiger partial charge in [-0.05, 0) is 55.7 Å². The molecule has 0 unspecified atom stereocenters. The van der Waals surface area contributed by atoms with Crippen molar-refractivity contribution < 1.29 is 28.6 Å². The van der Waals surface area contributed by atoms with Gasteiger partial charge in [0.2, 0.25) is 0 Å². The molecule has 0 saturated carbocycles. The van der Waals surface area contributed by atoms with Crippen molar-refractivity contribution in [2.45, 2.75) is 33.3 Å². The second-order valence-electron chi connectivity index (χ2n) is 6.48. The van der Waals surface area contributed by atoms with Crippen LogP contribution in [0.3, 0.4) is 0 Å². The number of amides is 1. The third-order valence-electron chi connectivity index (χ3n) is 4.53. The van der Waals surface area contributed by atoms with Crippen molar-refractivity contribution in [2.24, 2.45) is 0 Å². The summed E-state index contributed by atoms with van der Waals surface area (Å²) in [5.74, 6) is -1.04. The Balaban J connectivity index is 2.28. The minimum absolute atomic E-state index is 0.120. The first-order chi connectivity index (χ1) is 13.8. The quantitative estimate of drug-likeness (QED) is 0.715. The first kappa shape index (κ1) is 21.9. The van der Waals surface area contributed by atoms with Gasteiger partial charge in [0.15, 0.2) is 6.10 Å². The maximum atomic E-state index is 12.8. The zero-order chi connectivity index (χ0) is 21.6. The van der Waals surface area contributed by atoms with Gasteiger partial charge in [0.05, 0.1) is 25.3 Å². The summed E-state index contributed by atoms with van der Waals surface area (Å²) in [4.78, 5) is 36.6. The van der Waals surface area contributed by atoms with Crippen LogP contribution >= 0.6 is 0 Å². The number of esters is 2. The second-order valence-corrected chi connectivity index (χ2v) is 6.48. The molecule has 0 aromatic heterocycles. The summed E-state index contributed by atoms with van der Waals surface area (Å²) in [6.45, 7) is 5.73. The van der Waals surface area contributed by atoms with Crippen LogP contribution in [-0.4, -0.2) is 38.2 Å². The van der Waals surface area contributed by atoms with E-state index in [1.54, 1.807) is 0 Å². The molecular formula is C22H25NO6. The number of nitrogens with one attached hydrogen (secondary N) is 1. The predicted octanol–water partition coefficient (Wildman–Crippen LogP) is 3.67. The maximum absolute atomic E-state index is 12.8. The topological polar surface area (TPSA) is 90.9 Å². The van der Waals surface area contributed by atoms with Crippen LogP contribution in [0.5, 0.6) is 5.75 Å². The van der Waals surface area contributed by atoms with Crippen LogP contribution in [0.2, 0.25) is 0 Å². The molecule has 0 aliphatic heterocycles. The van der Waals surface area contributed by atoms with E-state index in [9.17, 15) is 14.4 Å². The van der Waals surface area contributed by atoms with Gasteiger partial charge >= 0.3 is 11.9 Å². The molecule has 1 atom stereocenters. The Labute approximate surface area is 170 Å². The first-order valence-corrected chi connectivity index (χ1v) is 9.16. The van der Waals surface area contributed by atoms with E-state index in [0.717, 1.165) is 11.1 Å². The lowest BCUT2D eigenvalue weighted by Crippen LogP contribution is -2.32. The fourth-order valence-electron chi connectivity index (χ4n) is 2.72. The summed E-state index contributed by atoms with van der Waals surface area (Å²) in [6, 6.07) is 9.85. The van der Waals surface area contributed by atoms with E-state index in [2.05, 4.69) is 5.32 Å². The molecule has 7 nitrogen and oxygen atoms in total. The standard InChI is InChI=1S/C22H25NO6/c1-6-18(29-19-9-7-8-13(2)14(19)3)20(24)23-17-11-15(21(25)27-4)10-16(12-17)22(26)28-5/h7-12,18H,6H2,1-5H3,(H,23,24)/t18-/m1/s1. The van der Waals surface area contributed by atoms with Gasteiger partial charge in [0, 0.05) is 5.69 Å². The van der Waals surface area contributed by atoms with E-state index in [0.29, 0.717) is 12.2 Å². The Morgan fingerprint density at radius 2 is 1.55 bits per heavy atom. The SMILES string of the molecule is CC[C@@H](Oc1cccc(C)c1C)C(=O)Nc1cc(C(=O)OC)cc(C(=O)OC)c1. The van der Waals surface area contributed by atoms with Crippen molar-refractivity contribution in [1.82, 2.24) is 0 Å². The maximum Gasteiger partial charge on any atom is 0.337 e. The number of methoxy groups -OCH3 is 2. The highest BCUT2D eigenvalue weighted by Gasteiger charge is 2.21. The average Bonchev–Trinajstić information content (AvgIpc) is 2.73. The summed E-state index contributed by atoms with van der Waals surface area (Å²) in [5, 5.41) is 2.71. The predicted molar refractivity (Wildman–Crippen MR) is 108 cm³/mol. The van der Waals surface area contributed by atoms with Gasteiger partial charge in [0.1, 0.15) is 5.75 Å². The monoisotopic (exact) mass is 399 g/mol.